The monoisotopic (exact) mass is 617 g/mol. The second-order valence-corrected chi connectivity index (χ2v) is 13.2. The summed E-state index contributed by atoms with van der Waals surface area (Å²) in [5, 5.41) is 9.75. The molecule has 10 rings (SSSR count). The molecule has 0 fully saturated rings. The van der Waals surface area contributed by atoms with Crippen LogP contribution in [0.5, 0.6) is 0 Å². The van der Waals surface area contributed by atoms with Crippen LogP contribution in [0.2, 0.25) is 0 Å². The molecule has 2 nitrogen and oxygen atoms in total. The maximum atomic E-state index is 6.76. The Hall–Kier alpha value is -5.90. The minimum Gasteiger partial charge on any atom is -0.454 e. The van der Waals surface area contributed by atoms with Gasteiger partial charge < -0.3 is 9.32 Å². The lowest BCUT2D eigenvalue weighted by Crippen LogP contribution is -2.10. The molecule has 0 radical (unpaired) electrons. The van der Waals surface area contributed by atoms with Gasteiger partial charge in [0.1, 0.15) is 5.58 Å². The van der Waals surface area contributed by atoms with Crippen LogP contribution in [-0.4, -0.2) is 0 Å². The van der Waals surface area contributed by atoms with Crippen LogP contribution in [0.3, 0.4) is 0 Å². The molecule has 0 amide bonds. The molecule has 47 heavy (non-hydrogen) atoms. The molecule has 0 aliphatic carbocycles. The third kappa shape index (κ3) is 4.10. The Morgan fingerprint density at radius 1 is 0.447 bits per heavy atom. The molecule has 0 N–H and O–H groups in total. The van der Waals surface area contributed by atoms with Gasteiger partial charge in [-0.25, -0.2) is 0 Å². The second-order valence-electron chi connectivity index (χ2n) is 12.1. The quantitative estimate of drug-likeness (QED) is 0.195. The highest BCUT2D eigenvalue weighted by molar-refractivity contribution is 7.25. The summed E-state index contributed by atoms with van der Waals surface area (Å²) in [6.45, 7) is 0. The number of furan rings is 1. The van der Waals surface area contributed by atoms with E-state index in [2.05, 4.69) is 169 Å². The van der Waals surface area contributed by atoms with Crippen molar-refractivity contribution < 1.29 is 4.42 Å². The van der Waals surface area contributed by atoms with Crippen molar-refractivity contribution in [1.29, 1.82) is 0 Å². The van der Waals surface area contributed by atoms with Gasteiger partial charge >= 0.3 is 0 Å². The zero-order chi connectivity index (χ0) is 30.9. The SMILES string of the molecule is c1ccc2c(-c3ccc(N(c4ccc5sc6ccccc6c5c4)c4cccc5c4oc4ccc6ccccc6c45)cc3)cccc2c1. The molecule has 0 unspecified atom stereocenters. The van der Waals surface area contributed by atoms with Crippen LogP contribution in [0.4, 0.5) is 17.1 Å². The average Bonchev–Trinajstić information content (AvgIpc) is 3.71. The number of fused-ring (bicyclic) bond motifs is 9. The van der Waals surface area contributed by atoms with Gasteiger partial charge in [0.25, 0.3) is 0 Å². The van der Waals surface area contributed by atoms with Gasteiger partial charge in [0, 0.05) is 42.3 Å². The van der Waals surface area contributed by atoms with Crippen LogP contribution in [0.15, 0.2) is 168 Å². The average molecular weight is 618 g/mol. The number of para-hydroxylation sites is 1. The van der Waals surface area contributed by atoms with E-state index >= 15 is 0 Å². The van der Waals surface area contributed by atoms with E-state index in [9.17, 15) is 0 Å². The molecular formula is C44H27NOS. The van der Waals surface area contributed by atoms with Crippen molar-refractivity contribution in [3.63, 3.8) is 0 Å². The van der Waals surface area contributed by atoms with Crippen molar-refractivity contribution in [2.45, 2.75) is 0 Å². The topological polar surface area (TPSA) is 16.4 Å². The van der Waals surface area contributed by atoms with Crippen LogP contribution in [0.1, 0.15) is 0 Å². The van der Waals surface area contributed by atoms with Gasteiger partial charge in [0.15, 0.2) is 5.58 Å². The number of rotatable bonds is 4. The van der Waals surface area contributed by atoms with E-state index in [4.69, 9.17) is 4.42 Å². The van der Waals surface area contributed by atoms with Gasteiger partial charge in [0.2, 0.25) is 0 Å². The lowest BCUT2D eigenvalue weighted by atomic mass is 9.98. The Morgan fingerprint density at radius 3 is 1.98 bits per heavy atom. The Bertz CT molecular complexity index is 2800. The summed E-state index contributed by atoms with van der Waals surface area (Å²) >= 11 is 1.84. The van der Waals surface area contributed by atoms with Gasteiger partial charge in [-0.2, -0.15) is 0 Å². The lowest BCUT2D eigenvalue weighted by molar-refractivity contribution is 0.669. The van der Waals surface area contributed by atoms with Crippen LogP contribution < -0.4 is 4.90 Å². The standard InChI is InChI=1S/C44H27NOS/c1-3-12-33-28(9-1)11-7-15-34(33)30-19-22-31(23-20-30)45(32-24-26-42-38(27-32)36-14-5-6-18-41(36)47-42)39-17-8-16-37-43-35-13-4-2-10-29(35)21-25-40(43)46-44(37)39/h1-27H. The largest absolute Gasteiger partial charge is 0.454 e. The fraction of sp³-hybridized carbons (Fsp3) is 0. The Balaban J connectivity index is 1.21. The molecule has 0 saturated carbocycles. The summed E-state index contributed by atoms with van der Waals surface area (Å²) in [7, 11) is 0. The van der Waals surface area contributed by atoms with Crippen LogP contribution in [0.25, 0.3) is 74.8 Å². The van der Waals surface area contributed by atoms with Crippen molar-refractivity contribution in [3.8, 4) is 11.1 Å². The molecule has 0 aliphatic rings. The molecule has 3 heteroatoms. The molecule has 0 spiro atoms. The van der Waals surface area contributed by atoms with Gasteiger partial charge in [-0.3, -0.25) is 0 Å². The van der Waals surface area contributed by atoms with Crippen LogP contribution >= 0.6 is 11.3 Å². The Labute approximate surface area is 275 Å². The first-order valence-corrected chi connectivity index (χ1v) is 16.7. The Kier molecular flexibility index (Phi) is 5.78. The van der Waals surface area contributed by atoms with Gasteiger partial charge in [-0.05, 0) is 81.2 Å². The van der Waals surface area contributed by atoms with E-state index in [-0.39, 0.29) is 0 Å². The smallest absolute Gasteiger partial charge is 0.159 e. The Morgan fingerprint density at radius 2 is 1.11 bits per heavy atom. The van der Waals surface area contributed by atoms with Crippen LogP contribution in [-0.2, 0) is 0 Å². The van der Waals surface area contributed by atoms with Crippen molar-refractivity contribution >= 4 is 92.1 Å². The molecular weight excluding hydrogens is 591 g/mol. The number of hydrogen-bond acceptors (Lipinski definition) is 3. The molecule has 0 aliphatic heterocycles. The molecule has 8 aromatic carbocycles. The molecule has 0 bridgehead atoms. The predicted molar refractivity (Wildman–Crippen MR) is 202 cm³/mol. The minimum atomic E-state index is 0.882. The summed E-state index contributed by atoms with van der Waals surface area (Å²) in [6.07, 6.45) is 0. The first kappa shape index (κ1) is 26.3. The number of thiophene rings is 1. The minimum absolute atomic E-state index is 0.882. The maximum absolute atomic E-state index is 6.76. The number of hydrogen-bond donors (Lipinski definition) is 0. The van der Waals surface area contributed by atoms with E-state index in [1.165, 1.54) is 52.8 Å². The predicted octanol–water partition coefficient (Wildman–Crippen LogP) is 13.4. The summed E-state index contributed by atoms with van der Waals surface area (Å²) < 4.78 is 9.35. The van der Waals surface area contributed by atoms with Crippen molar-refractivity contribution in [2.24, 2.45) is 0 Å². The molecule has 0 atom stereocenters. The van der Waals surface area contributed by atoms with E-state index in [0.29, 0.717) is 0 Å². The first-order chi connectivity index (χ1) is 23.3. The summed E-state index contributed by atoms with van der Waals surface area (Å²) in [6, 6.07) is 59.0. The molecule has 2 heterocycles. The van der Waals surface area contributed by atoms with Crippen molar-refractivity contribution in [2.75, 3.05) is 4.90 Å². The van der Waals surface area contributed by atoms with E-state index < -0.39 is 0 Å². The van der Waals surface area contributed by atoms with E-state index in [0.717, 1.165) is 39.0 Å². The van der Waals surface area contributed by atoms with Crippen LogP contribution in [0, 0.1) is 0 Å². The number of anilines is 3. The second kappa shape index (κ2) is 10.3. The number of nitrogens with zero attached hydrogens (tertiary/aromatic N) is 1. The summed E-state index contributed by atoms with van der Waals surface area (Å²) in [5.74, 6) is 0. The van der Waals surface area contributed by atoms with E-state index in [1.54, 1.807) is 0 Å². The summed E-state index contributed by atoms with van der Waals surface area (Å²) in [5.41, 5.74) is 7.39. The number of benzene rings is 8. The van der Waals surface area contributed by atoms with Gasteiger partial charge in [0.05, 0.1) is 5.69 Å². The lowest BCUT2D eigenvalue weighted by Gasteiger charge is -2.26. The molecule has 220 valence electrons. The van der Waals surface area contributed by atoms with Crippen molar-refractivity contribution in [3.05, 3.63) is 164 Å². The first-order valence-electron chi connectivity index (χ1n) is 15.9. The highest BCUT2D eigenvalue weighted by Crippen LogP contribution is 2.46. The molecule has 0 saturated heterocycles. The molecule has 2 aromatic heterocycles. The summed E-state index contributed by atoms with van der Waals surface area (Å²) in [4.78, 5) is 2.35. The fourth-order valence-electron chi connectivity index (χ4n) is 7.28. The molecule has 10 aromatic rings. The van der Waals surface area contributed by atoms with Gasteiger partial charge in [-0.1, -0.05) is 115 Å². The zero-order valence-electron chi connectivity index (χ0n) is 25.4. The van der Waals surface area contributed by atoms with Crippen molar-refractivity contribution in [1.82, 2.24) is 0 Å². The highest BCUT2D eigenvalue weighted by atomic mass is 32.1. The third-order valence-electron chi connectivity index (χ3n) is 9.45. The van der Waals surface area contributed by atoms with E-state index in [1.807, 2.05) is 11.3 Å². The highest BCUT2D eigenvalue weighted by Gasteiger charge is 2.21. The maximum Gasteiger partial charge on any atom is 0.159 e. The normalized spacial score (nSPS) is 11.8. The van der Waals surface area contributed by atoms with Gasteiger partial charge in [-0.15, -0.1) is 11.3 Å². The fourth-order valence-corrected chi connectivity index (χ4v) is 8.36. The third-order valence-corrected chi connectivity index (χ3v) is 10.6. The zero-order valence-corrected chi connectivity index (χ0v) is 26.2.